The zero-order valence-corrected chi connectivity index (χ0v) is 15.7. The Labute approximate surface area is 167 Å². The molecule has 4 heterocycles. The molecule has 3 atom stereocenters. The van der Waals surface area contributed by atoms with Crippen LogP contribution in [-0.2, 0) is 11.3 Å². The summed E-state index contributed by atoms with van der Waals surface area (Å²) in [6.07, 6.45) is 2.35. The summed E-state index contributed by atoms with van der Waals surface area (Å²) in [5.74, 6) is 0.272. The second-order valence-electron chi connectivity index (χ2n) is 8.71. The number of hydrogen-bond acceptors (Lipinski definition) is 2. The molecule has 1 fully saturated rings. The van der Waals surface area contributed by atoms with Crippen LogP contribution in [0.15, 0.2) is 48.5 Å². The van der Waals surface area contributed by atoms with Gasteiger partial charge in [-0.2, -0.15) is 0 Å². The number of rotatable bonds is 0. The van der Waals surface area contributed by atoms with E-state index in [1.165, 1.54) is 38.5 Å². The number of aromatic nitrogens is 1. The van der Waals surface area contributed by atoms with Crippen molar-refractivity contribution in [1.82, 2.24) is 9.88 Å². The highest BCUT2D eigenvalue weighted by Crippen LogP contribution is 2.59. The molecule has 4 aliphatic rings. The van der Waals surface area contributed by atoms with Gasteiger partial charge in [-0.1, -0.05) is 42.5 Å². The van der Waals surface area contributed by atoms with E-state index >= 15 is 0 Å². The molecule has 2 bridgehead atoms. The first-order valence-corrected chi connectivity index (χ1v) is 10.5. The quantitative estimate of drug-likeness (QED) is 0.476. The monoisotopic (exact) mass is 378 g/mol. The molecule has 4 heteroatoms. The lowest BCUT2D eigenvalue weighted by Gasteiger charge is -2.20. The van der Waals surface area contributed by atoms with Gasteiger partial charge < -0.3 is 14.6 Å². The predicted octanol–water partition coefficient (Wildman–Crippen LogP) is 4.84. The molecule has 8 rings (SSSR count). The summed E-state index contributed by atoms with van der Waals surface area (Å²) in [6, 6.07) is 17.3. The Hall–Kier alpha value is -3.11. The molecule has 0 radical (unpaired) electrons. The number of nitrogens with one attached hydrogen (secondary N) is 1. The van der Waals surface area contributed by atoms with Crippen LogP contribution in [0, 0.1) is 0 Å². The highest BCUT2D eigenvalue weighted by molar-refractivity contribution is 6.20. The van der Waals surface area contributed by atoms with Crippen LogP contribution >= 0.6 is 0 Å². The maximum absolute atomic E-state index is 13.0. The number of amides is 1. The van der Waals surface area contributed by atoms with Gasteiger partial charge in [-0.15, -0.1) is 0 Å². The zero-order valence-electron chi connectivity index (χ0n) is 15.7. The minimum absolute atomic E-state index is 0.0655. The second-order valence-corrected chi connectivity index (χ2v) is 8.71. The topological polar surface area (TPSA) is 43.3 Å². The highest BCUT2D eigenvalue weighted by Gasteiger charge is 2.48. The number of para-hydroxylation sites is 1. The second kappa shape index (κ2) is 4.71. The molecule has 1 N–H and O–H groups in total. The molecule has 4 aromatic rings. The Morgan fingerprint density at radius 3 is 2.83 bits per heavy atom. The summed E-state index contributed by atoms with van der Waals surface area (Å²) < 4.78 is 9.12. The van der Waals surface area contributed by atoms with E-state index in [-0.39, 0.29) is 24.2 Å². The van der Waals surface area contributed by atoms with Gasteiger partial charge in [0.2, 0.25) is 0 Å². The summed E-state index contributed by atoms with van der Waals surface area (Å²) >= 11 is 0. The lowest BCUT2D eigenvalue weighted by molar-refractivity contribution is 0.00493. The maximum Gasteiger partial charge on any atom is 0.252 e. The Balaban J connectivity index is 1.71. The van der Waals surface area contributed by atoms with Crippen molar-refractivity contribution in [2.45, 2.75) is 37.6 Å². The number of fused-ring (bicyclic) bond motifs is 13. The minimum Gasteiger partial charge on any atom is -0.354 e. The van der Waals surface area contributed by atoms with Crippen molar-refractivity contribution in [2.75, 3.05) is 0 Å². The van der Waals surface area contributed by atoms with Crippen molar-refractivity contribution in [3.05, 3.63) is 70.8 Å². The first-order valence-electron chi connectivity index (χ1n) is 10.5. The smallest absolute Gasteiger partial charge is 0.252 e. The van der Waals surface area contributed by atoms with Gasteiger partial charge in [-0.25, -0.2) is 0 Å². The fraction of sp³-hybridized carbons (Fsp3) is 0.240. The van der Waals surface area contributed by atoms with E-state index in [1.54, 1.807) is 0 Å². The average molecular weight is 378 g/mol. The third kappa shape index (κ3) is 1.51. The van der Waals surface area contributed by atoms with Gasteiger partial charge in [-0.05, 0) is 41.2 Å². The molecule has 140 valence electrons. The summed E-state index contributed by atoms with van der Waals surface area (Å²) in [5.41, 5.74) is 9.58. The number of benzene rings is 3. The van der Waals surface area contributed by atoms with Gasteiger partial charge in [0.25, 0.3) is 5.91 Å². The third-order valence-electron chi connectivity index (χ3n) is 7.51. The molecule has 29 heavy (non-hydrogen) atoms. The molecule has 1 amide bonds. The molecule has 0 spiro atoms. The number of carbonyl (C=O) groups is 1. The molecule has 1 aromatic heterocycles. The SMILES string of the molecule is O=C1NCc2c1c1c3c4c2c2ccccc2n4[C@H]2CC[C@H](O2)[C@H]3c2ccccc2-1. The number of hydrogen-bond donors (Lipinski definition) is 1. The normalized spacial score (nSPS) is 25.4. The standard InChI is InChI=1S/C25H18N2O2/c28-25-22-15(11-26-25)19-14-7-3-4-8-16(14)27-18-10-9-17(29-18)20-12-5-1-2-6-13(12)21(22)23(20)24(19)27/h1-8,17-18,20H,9-11H2,(H,26,28)/t17-,18+,20+/m0/s1. The largest absolute Gasteiger partial charge is 0.354 e. The molecule has 1 saturated heterocycles. The fourth-order valence-corrected chi connectivity index (χ4v) is 6.55. The van der Waals surface area contributed by atoms with Crippen molar-refractivity contribution in [2.24, 2.45) is 0 Å². The predicted molar refractivity (Wildman–Crippen MR) is 111 cm³/mol. The van der Waals surface area contributed by atoms with E-state index in [1.807, 2.05) is 0 Å². The van der Waals surface area contributed by atoms with Crippen LogP contribution in [0.3, 0.4) is 0 Å². The summed E-state index contributed by atoms with van der Waals surface area (Å²) in [5, 5.41) is 5.61. The van der Waals surface area contributed by atoms with Gasteiger partial charge in [-0.3, -0.25) is 4.79 Å². The molecular weight excluding hydrogens is 360 g/mol. The van der Waals surface area contributed by atoms with Crippen LogP contribution in [0.5, 0.6) is 0 Å². The number of carbonyl (C=O) groups excluding carboxylic acids is 1. The molecule has 3 aromatic carbocycles. The van der Waals surface area contributed by atoms with Crippen LogP contribution in [0.4, 0.5) is 0 Å². The van der Waals surface area contributed by atoms with E-state index in [9.17, 15) is 4.79 Å². The highest BCUT2D eigenvalue weighted by atomic mass is 16.5. The minimum atomic E-state index is 0.0655. The Morgan fingerprint density at radius 2 is 1.86 bits per heavy atom. The number of ether oxygens (including phenoxy) is 1. The summed E-state index contributed by atoms with van der Waals surface area (Å²) in [7, 11) is 0. The van der Waals surface area contributed by atoms with E-state index in [0.29, 0.717) is 6.54 Å². The molecule has 0 saturated carbocycles. The molecule has 3 aliphatic heterocycles. The van der Waals surface area contributed by atoms with Crippen molar-refractivity contribution in [3.8, 4) is 11.1 Å². The lowest BCUT2D eigenvalue weighted by Crippen LogP contribution is -2.16. The van der Waals surface area contributed by atoms with Gasteiger partial charge >= 0.3 is 0 Å². The van der Waals surface area contributed by atoms with E-state index in [4.69, 9.17) is 4.74 Å². The van der Waals surface area contributed by atoms with Crippen LogP contribution in [0.25, 0.3) is 32.9 Å². The zero-order chi connectivity index (χ0) is 18.9. The van der Waals surface area contributed by atoms with Crippen molar-refractivity contribution in [3.63, 3.8) is 0 Å². The van der Waals surface area contributed by atoms with Crippen LogP contribution < -0.4 is 5.32 Å². The molecule has 1 aliphatic carbocycles. The third-order valence-corrected chi connectivity index (χ3v) is 7.51. The van der Waals surface area contributed by atoms with Gasteiger partial charge in [0.05, 0.1) is 22.7 Å². The van der Waals surface area contributed by atoms with Crippen molar-refractivity contribution < 1.29 is 9.53 Å². The van der Waals surface area contributed by atoms with Crippen LogP contribution in [0.2, 0.25) is 0 Å². The van der Waals surface area contributed by atoms with Gasteiger partial charge in [0, 0.05) is 28.8 Å². The maximum atomic E-state index is 13.0. The molecule has 0 unspecified atom stereocenters. The summed E-state index contributed by atoms with van der Waals surface area (Å²) in [4.78, 5) is 13.0. The Morgan fingerprint density at radius 1 is 1.00 bits per heavy atom. The lowest BCUT2D eigenvalue weighted by atomic mass is 9.86. The van der Waals surface area contributed by atoms with E-state index < -0.39 is 0 Å². The van der Waals surface area contributed by atoms with Crippen molar-refractivity contribution in [1.29, 1.82) is 0 Å². The summed E-state index contributed by atoms with van der Waals surface area (Å²) in [6.45, 7) is 0.605. The first kappa shape index (κ1) is 14.8. The molecule has 4 nitrogen and oxygen atoms in total. The van der Waals surface area contributed by atoms with Crippen molar-refractivity contribution >= 4 is 27.7 Å². The van der Waals surface area contributed by atoms with Gasteiger partial charge in [0.1, 0.15) is 6.23 Å². The average Bonchev–Trinajstić information content (AvgIpc) is 3.47. The number of nitrogens with zero attached hydrogens (tertiary/aromatic N) is 1. The van der Waals surface area contributed by atoms with E-state index in [0.717, 1.165) is 29.5 Å². The first-order chi connectivity index (χ1) is 14.3. The Kier molecular flexibility index (Phi) is 2.41. The molecular formula is C25H18N2O2. The van der Waals surface area contributed by atoms with E-state index in [2.05, 4.69) is 58.4 Å². The Bertz CT molecular complexity index is 1430. The van der Waals surface area contributed by atoms with Crippen LogP contribution in [0.1, 0.15) is 52.0 Å². The van der Waals surface area contributed by atoms with Gasteiger partial charge in [0.15, 0.2) is 0 Å². The van der Waals surface area contributed by atoms with Crippen LogP contribution in [-0.4, -0.2) is 16.6 Å². The fourth-order valence-electron chi connectivity index (χ4n) is 6.55.